The molecular formula is C9H11NO3. The van der Waals surface area contributed by atoms with Gasteiger partial charge < -0.3 is 15.2 Å². The molecular weight excluding hydrogens is 170 g/mol. The Hall–Kier alpha value is -1.13. The van der Waals surface area contributed by atoms with Crippen molar-refractivity contribution in [1.82, 2.24) is 4.98 Å². The van der Waals surface area contributed by atoms with Crippen LogP contribution in [0.15, 0.2) is 6.20 Å². The quantitative estimate of drug-likeness (QED) is 0.540. The van der Waals surface area contributed by atoms with Gasteiger partial charge in [-0.3, -0.25) is 4.79 Å². The Morgan fingerprint density at radius 3 is 3.00 bits per heavy atom. The van der Waals surface area contributed by atoms with Crippen molar-refractivity contribution in [2.24, 2.45) is 0 Å². The average molecular weight is 181 g/mol. The SMILES string of the molecule is O=Cc1c[nH]c2c1C(O)C(O)CC2. The van der Waals surface area contributed by atoms with Crippen LogP contribution in [-0.4, -0.2) is 27.6 Å². The predicted molar refractivity (Wildman–Crippen MR) is 45.5 cm³/mol. The Labute approximate surface area is 75.2 Å². The number of aromatic nitrogens is 1. The summed E-state index contributed by atoms with van der Waals surface area (Å²) >= 11 is 0. The molecule has 1 heterocycles. The van der Waals surface area contributed by atoms with Gasteiger partial charge in [0.25, 0.3) is 0 Å². The number of carbonyl (C=O) groups excluding carboxylic acids is 1. The van der Waals surface area contributed by atoms with E-state index in [9.17, 15) is 15.0 Å². The molecule has 0 amide bonds. The lowest BCUT2D eigenvalue weighted by Gasteiger charge is -2.23. The highest BCUT2D eigenvalue weighted by Crippen LogP contribution is 2.31. The van der Waals surface area contributed by atoms with Crippen LogP contribution in [0.5, 0.6) is 0 Å². The first-order valence-corrected chi connectivity index (χ1v) is 4.25. The predicted octanol–water partition coefficient (Wildman–Crippen LogP) is 0.168. The van der Waals surface area contributed by atoms with Crippen molar-refractivity contribution in [2.45, 2.75) is 25.0 Å². The fraction of sp³-hybridized carbons (Fsp3) is 0.444. The number of aryl methyl sites for hydroxylation is 1. The minimum atomic E-state index is -0.921. The van der Waals surface area contributed by atoms with Gasteiger partial charge in [0.05, 0.1) is 6.10 Å². The van der Waals surface area contributed by atoms with Gasteiger partial charge in [0, 0.05) is 23.0 Å². The number of fused-ring (bicyclic) bond motifs is 1. The molecule has 0 spiro atoms. The van der Waals surface area contributed by atoms with Crippen LogP contribution < -0.4 is 0 Å². The second kappa shape index (κ2) is 2.97. The summed E-state index contributed by atoms with van der Waals surface area (Å²) in [6.45, 7) is 0. The molecule has 1 aliphatic carbocycles. The number of hydrogen-bond acceptors (Lipinski definition) is 3. The van der Waals surface area contributed by atoms with Crippen molar-refractivity contribution in [3.63, 3.8) is 0 Å². The average Bonchev–Trinajstić information content (AvgIpc) is 2.55. The molecule has 0 fully saturated rings. The summed E-state index contributed by atoms with van der Waals surface area (Å²) in [6, 6.07) is 0. The number of H-pyrrole nitrogens is 1. The summed E-state index contributed by atoms with van der Waals surface area (Å²) in [5.41, 5.74) is 1.87. The van der Waals surface area contributed by atoms with Crippen molar-refractivity contribution in [3.05, 3.63) is 23.0 Å². The molecule has 1 aromatic heterocycles. The van der Waals surface area contributed by atoms with Gasteiger partial charge in [-0.05, 0) is 12.8 Å². The maximum absolute atomic E-state index is 10.6. The number of aromatic amines is 1. The van der Waals surface area contributed by atoms with E-state index in [1.54, 1.807) is 6.20 Å². The van der Waals surface area contributed by atoms with Gasteiger partial charge in [-0.25, -0.2) is 0 Å². The fourth-order valence-electron chi connectivity index (χ4n) is 1.79. The van der Waals surface area contributed by atoms with Crippen LogP contribution in [0.1, 0.15) is 34.1 Å². The van der Waals surface area contributed by atoms with Crippen LogP contribution in [0, 0.1) is 0 Å². The van der Waals surface area contributed by atoms with Crippen LogP contribution in [0.4, 0.5) is 0 Å². The Bertz CT molecular complexity index is 332. The highest BCUT2D eigenvalue weighted by molar-refractivity contribution is 5.78. The Morgan fingerprint density at radius 2 is 2.31 bits per heavy atom. The van der Waals surface area contributed by atoms with Crippen LogP contribution in [0.3, 0.4) is 0 Å². The van der Waals surface area contributed by atoms with E-state index in [1.165, 1.54) is 0 Å². The number of nitrogens with one attached hydrogen (secondary N) is 1. The molecule has 0 saturated carbocycles. The molecule has 4 heteroatoms. The number of aldehydes is 1. The molecule has 2 rings (SSSR count). The molecule has 2 atom stereocenters. The molecule has 13 heavy (non-hydrogen) atoms. The van der Waals surface area contributed by atoms with E-state index >= 15 is 0 Å². The molecule has 4 nitrogen and oxygen atoms in total. The largest absolute Gasteiger partial charge is 0.390 e. The molecule has 1 aromatic rings. The number of rotatable bonds is 1. The van der Waals surface area contributed by atoms with Gasteiger partial charge in [0.15, 0.2) is 6.29 Å². The second-order valence-corrected chi connectivity index (χ2v) is 3.30. The van der Waals surface area contributed by atoms with E-state index in [1.807, 2.05) is 0 Å². The molecule has 2 unspecified atom stereocenters. The van der Waals surface area contributed by atoms with Gasteiger partial charge in [-0.2, -0.15) is 0 Å². The summed E-state index contributed by atoms with van der Waals surface area (Å²) in [7, 11) is 0. The number of carbonyl (C=O) groups is 1. The molecule has 0 aromatic carbocycles. The van der Waals surface area contributed by atoms with Gasteiger partial charge in [-0.15, -0.1) is 0 Å². The van der Waals surface area contributed by atoms with E-state index in [4.69, 9.17) is 0 Å². The molecule has 0 radical (unpaired) electrons. The van der Waals surface area contributed by atoms with E-state index in [0.717, 1.165) is 5.69 Å². The molecule has 0 saturated heterocycles. The van der Waals surface area contributed by atoms with Crippen LogP contribution in [-0.2, 0) is 6.42 Å². The summed E-state index contributed by atoms with van der Waals surface area (Å²) in [5.74, 6) is 0. The molecule has 0 bridgehead atoms. The van der Waals surface area contributed by atoms with E-state index in [2.05, 4.69) is 4.98 Å². The smallest absolute Gasteiger partial charge is 0.151 e. The zero-order valence-electron chi connectivity index (χ0n) is 7.03. The third-order valence-electron chi connectivity index (χ3n) is 2.52. The topological polar surface area (TPSA) is 73.3 Å². The normalized spacial score (nSPS) is 26.9. The van der Waals surface area contributed by atoms with E-state index < -0.39 is 12.2 Å². The summed E-state index contributed by atoms with van der Waals surface area (Å²) in [5, 5.41) is 19.0. The lowest BCUT2D eigenvalue weighted by Crippen LogP contribution is -2.25. The lowest BCUT2D eigenvalue weighted by molar-refractivity contribution is 0.00606. The molecule has 70 valence electrons. The highest BCUT2D eigenvalue weighted by Gasteiger charge is 2.29. The Kier molecular flexibility index (Phi) is 1.94. The number of hydrogen-bond donors (Lipinski definition) is 3. The lowest BCUT2D eigenvalue weighted by atomic mass is 9.90. The van der Waals surface area contributed by atoms with E-state index in [0.29, 0.717) is 30.3 Å². The van der Waals surface area contributed by atoms with Gasteiger partial charge >= 0.3 is 0 Å². The Morgan fingerprint density at radius 1 is 1.54 bits per heavy atom. The highest BCUT2D eigenvalue weighted by atomic mass is 16.3. The van der Waals surface area contributed by atoms with Crippen molar-refractivity contribution < 1.29 is 15.0 Å². The minimum absolute atomic E-state index is 0.446. The minimum Gasteiger partial charge on any atom is -0.390 e. The monoisotopic (exact) mass is 181 g/mol. The van der Waals surface area contributed by atoms with Crippen molar-refractivity contribution in [2.75, 3.05) is 0 Å². The fourth-order valence-corrected chi connectivity index (χ4v) is 1.79. The summed E-state index contributed by atoms with van der Waals surface area (Å²) in [6.07, 6.45) is 1.81. The van der Waals surface area contributed by atoms with Gasteiger partial charge in [-0.1, -0.05) is 0 Å². The third kappa shape index (κ3) is 1.18. The zero-order chi connectivity index (χ0) is 9.42. The molecule has 1 aliphatic rings. The third-order valence-corrected chi connectivity index (χ3v) is 2.52. The first kappa shape index (κ1) is 8.47. The van der Waals surface area contributed by atoms with Crippen molar-refractivity contribution in [3.8, 4) is 0 Å². The maximum atomic E-state index is 10.6. The first-order valence-electron chi connectivity index (χ1n) is 4.25. The van der Waals surface area contributed by atoms with E-state index in [-0.39, 0.29) is 0 Å². The maximum Gasteiger partial charge on any atom is 0.151 e. The molecule has 3 N–H and O–H groups in total. The van der Waals surface area contributed by atoms with Crippen LogP contribution in [0.25, 0.3) is 0 Å². The standard InChI is InChI=1S/C9H11NO3/c11-4-5-3-10-6-1-2-7(12)9(13)8(5)6/h3-4,7,9-10,12-13H,1-2H2. The summed E-state index contributed by atoms with van der Waals surface area (Å²) < 4.78 is 0. The van der Waals surface area contributed by atoms with Crippen LogP contribution >= 0.6 is 0 Å². The van der Waals surface area contributed by atoms with Crippen LogP contribution in [0.2, 0.25) is 0 Å². The first-order chi connectivity index (χ1) is 6.24. The molecule has 0 aliphatic heterocycles. The number of aliphatic hydroxyl groups excluding tert-OH is 2. The second-order valence-electron chi connectivity index (χ2n) is 3.30. The Balaban J connectivity index is 2.48. The number of aliphatic hydroxyl groups is 2. The summed E-state index contributed by atoms with van der Waals surface area (Å²) in [4.78, 5) is 13.5. The zero-order valence-corrected chi connectivity index (χ0v) is 7.03. The van der Waals surface area contributed by atoms with Crippen molar-refractivity contribution >= 4 is 6.29 Å². The van der Waals surface area contributed by atoms with Gasteiger partial charge in [0.1, 0.15) is 6.10 Å². The van der Waals surface area contributed by atoms with Crippen molar-refractivity contribution in [1.29, 1.82) is 0 Å². The van der Waals surface area contributed by atoms with Gasteiger partial charge in [0.2, 0.25) is 0 Å².